The molecule has 130 valence electrons. The van der Waals surface area contributed by atoms with Gasteiger partial charge in [-0.25, -0.2) is 0 Å². The summed E-state index contributed by atoms with van der Waals surface area (Å²) in [7, 11) is 1.55. The summed E-state index contributed by atoms with van der Waals surface area (Å²) in [6.07, 6.45) is 3.58. The number of hydrogen-bond acceptors (Lipinski definition) is 4. The second-order valence-corrected chi connectivity index (χ2v) is 7.39. The van der Waals surface area contributed by atoms with Crippen LogP contribution in [0.3, 0.4) is 0 Å². The molecule has 0 unspecified atom stereocenters. The third-order valence-corrected chi connectivity index (χ3v) is 6.53. The molecule has 0 aromatic heterocycles. The lowest BCUT2D eigenvalue weighted by atomic mass is 9.72. The minimum absolute atomic E-state index is 0.0147. The molecule has 1 aromatic carbocycles. The number of allylic oxidation sites excluding steroid dienone is 1. The van der Waals surface area contributed by atoms with Crippen molar-refractivity contribution < 1.29 is 14.4 Å². The molecule has 3 fully saturated rings. The van der Waals surface area contributed by atoms with E-state index in [-0.39, 0.29) is 12.0 Å². The number of benzene rings is 1. The first kappa shape index (κ1) is 15.3. The lowest BCUT2D eigenvalue weighted by Gasteiger charge is -2.39. The SMILES string of the molecule is C/C=C1/CN=C2C[C@@]3(C(=O)N(OC)c4ccccc43)[C@H]3C[C@@H]1[C@@H]2CO3. The first-order chi connectivity index (χ1) is 12.2. The third kappa shape index (κ3) is 1.80. The summed E-state index contributed by atoms with van der Waals surface area (Å²) in [6.45, 7) is 3.52. The summed E-state index contributed by atoms with van der Waals surface area (Å²) < 4.78 is 6.28. The number of ether oxygens (including phenoxy) is 1. The van der Waals surface area contributed by atoms with Crippen LogP contribution in [0.25, 0.3) is 0 Å². The van der Waals surface area contributed by atoms with E-state index < -0.39 is 5.41 Å². The number of hydroxylamine groups is 1. The van der Waals surface area contributed by atoms with Gasteiger partial charge in [-0.3, -0.25) is 14.6 Å². The van der Waals surface area contributed by atoms with Crippen molar-refractivity contribution in [3.05, 3.63) is 41.5 Å². The fraction of sp³-hybridized carbons (Fsp3) is 0.500. The van der Waals surface area contributed by atoms with E-state index >= 15 is 0 Å². The Kier molecular flexibility index (Phi) is 3.21. The normalized spacial score (nSPS) is 37.4. The van der Waals surface area contributed by atoms with Gasteiger partial charge in [0.25, 0.3) is 5.91 Å². The van der Waals surface area contributed by atoms with Gasteiger partial charge < -0.3 is 4.74 Å². The van der Waals surface area contributed by atoms with Gasteiger partial charge in [0.15, 0.2) is 0 Å². The zero-order valence-electron chi connectivity index (χ0n) is 14.6. The Morgan fingerprint density at radius 3 is 3.00 bits per heavy atom. The minimum atomic E-state index is -0.710. The van der Waals surface area contributed by atoms with Crippen molar-refractivity contribution in [2.45, 2.75) is 31.3 Å². The van der Waals surface area contributed by atoms with Gasteiger partial charge in [0, 0.05) is 18.1 Å². The molecule has 5 aliphatic rings. The van der Waals surface area contributed by atoms with Gasteiger partial charge in [0.1, 0.15) is 5.41 Å². The summed E-state index contributed by atoms with van der Waals surface area (Å²) in [4.78, 5) is 23.8. The van der Waals surface area contributed by atoms with Gasteiger partial charge in [0.2, 0.25) is 0 Å². The minimum Gasteiger partial charge on any atom is -0.376 e. The Bertz CT molecular complexity index is 815. The Balaban J connectivity index is 1.72. The summed E-state index contributed by atoms with van der Waals surface area (Å²) in [5.74, 6) is 0.749. The van der Waals surface area contributed by atoms with Crippen molar-refractivity contribution in [2.75, 3.05) is 25.3 Å². The number of fused-ring (bicyclic) bond motifs is 2. The number of carbonyl (C=O) groups is 1. The van der Waals surface area contributed by atoms with Crippen molar-refractivity contribution >= 4 is 17.3 Å². The van der Waals surface area contributed by atoms with Crippen LogP contribution in [0.2, 0.25) is 0 Å². The smallest absolute Gasteiger partial charge is 0.264 e. The zero-order chi connectivity index (χ0) is 17.2. The largest absolute Gasteiger partial charge is 0.376 e. The highest BCUT2D eigenvalue weighted by Crippen LogP contribution is 2.55. The standard InChI is InChI=1S/C20H22N2O3/c1-3-12-10-21-16-9-20(18-8-13(12)14(16)11-25-18)15-6-4-5-7-17(15)22(24-2)19(20)23/h3-7,13-14,18H,8-11H2,1-2H3/b12-3-/t13-,14-,18+,20-/m0/s1. The lowest BCUT2D eigenvalue weighted by Crippen LogP contribution is -2.50. The van der Waals surface area contributed by atoms with Crippen LogP contribution >= 0.6 is 0 Å². The molecule has 2 saturated heterocycles. The number of amides is 1. The first-order valence-electron chi connectivity index (χ1n) is 8.98. The molecule has 1 aliphatic carbocycles. The molecule has 25 heavy (non-hydrogen) atoms. The van der Waals surface area contributed by atoms with Crippen LogP contribution < -0.4 is 5.06 Å². The van der Waals surface area contributed by atoms with E-state index in [2.05, 4.69) is 19.1 Å². The predicted molar refractivity (Wildman–Crippen MR) is 94.6 cm³/mol. The van der Waals surface area contributed by atoms with Crippen LogP contribution in [0.1, 0.15) is 25.3 Å². The topological polar surface area (TPSA) is 51.1 Å². The Labute approximate surface area is 147 Å². The highest BCUT2D eigenvalue weighted by atomic mass is 16.7. The molecule has 1 amide bonds. The van der Waals surface area contributed by atoms with Gasteiger partial charge in [-0.2, -0.15) is 5.06 Å². The monoisotopic (exact) mass is 338 g/mol. The maximum Gasteiger partial charge on any atom is 0.264 e. The van der Waals surface area contributed by atoms with E-state index in [1.807, 2.05) is 18.2 Å². The molecule has 0 radical (unpaired) electrons. The molecule has 0 N–H and O–H groups in total. The molecule has 5 heteroatoms. The lowest BCUT2D eigenvalue weighted by molar-refractivity contribution is -0.137. The fourth-order valence-corrected chi connectivity index (χ4v) is 5.30. The molecule has 4 aliphatic heterocycles. The molecular formula is C20H22N2O3. The van der Waals surface area contributed by atoms with Gasteiger partial charge in [0.05, 0.1) is 32.1 Å². The zero-order valence-corrected chi connectivity index (χ0v) is 14.6. The van der Waals surface area contributed by atoms with Crippen LogP contribution in [-0.4, -0.2) is 38.0 Å². The van der Waals surface area contributed by atoms with Crippen molar-refractivity contribution in [3.8, 4) is 0 Å². The molecular weight excluding hydrogens is 316 g/mol. The molecule has 4 heterocycles. The predicted octanol–water partition coefficient (Wildman–Crippen LogP) is 2.66. The maximum absolute atomic E-state index is 13.5. The van der Waals surface area contributed by atoms with E-state index in [0.29, 0.717) is 24.9 Å². The summed E-state index contributed by atoms with van der Waals surface area (Å²) in [5, 5.41) is 1.44. The summed E-state index contributed by atoms with van der Waals surface area (Å²) in [5.41, 5.74) is 3.69. The molecule has 1 aromatic rings. The quantitative estimate of drug-likeness (QED) is 0.740. The van der Waals surface area contributed by atoms with E-state index in [0.717, 1.165) is 29.9 Å². The molecule has 1 spiro atoms. The Morgan fingerprint density at radius 2 is 2.20 bits per heavy atom. The van der Waals surface area contributed by atoms with Crippen LogP contribution in [0.5, 0.6) is 0 Å². The van der Waals surface area contributed by atoms with E-state index in [1.54, 1.807) is 7.11 Å². The second-order valence-electron chi connectivity index (χ2n) is 7.39. The first-order valence-corrected chi connectivity index (χ1v) is 8.98. The third-order valence-electron chi connectivity index (χ3n) is 6.53. The molecule has 4 bridgehead atoms. The van der Waals surface area contributed by atoms with Crippen molar-refractivity contribution in [3.63, 3.8) is 0 Å². The highest BCUT2D eigenvalue weighted by Gasteiger charge is 2.62. The van der Waals surface area contributed by atoms with Gasteiger partial charge in [-0.15, -0.1) is 0 Å². The van der Waals surface area contributed by atoms with Gasteiger partial charge in [-0.05, 0) is 36.5 Å². The Morgan fingerprint density at radius 1 is 1.36 bits per heavy atom. The van der Waals surface area contributed by atoms with Crippen molar-refractivity contribution in [2.24, 2.45) is 16.8 Å². The maximum atomic E-state index is 13.5. The van der Waals surface area contributed by atoms with Gasteiger partial charge in [-0.1, -0.05) is 24.3 Å². The molecule has 6 rings (SSSR count). The van der Waals surface area contributed by atoms with E-state index in [9.17, 15) is 4.79 Å². The Hall–Kier alpha value is -1.98. The molecule has 1 saturated carbocycles. The van der Waals surface area contributed by atoms with Crippen LogP contribution in [0.15, 0.2) is 40.9 Å². The van der Waals surface area contributed by atoms with E-state index in [4.69, 9.17) is 14.6 Å². The number of para-hydroxylation sites is 1. The van der Waals surface area contributed by atoms with Crippen molar-refractivity contribution in [1.82, 2.24) is 0 Å². The number of anilines is 1. The average molecular weight is 338 g/mol. The van der Waals surface area contributed by atoms with E-state index in [1.165, 1.54) is 10.6 Å². The highest BCUT2D eigenvalue weighted by molar-refractivity contribution is 6.10. The van der Waals surface area contributed by atoms with Gasteiger partial charge >= 0.3 is 0 Å². The number of rotatable bonds is 1. The fourth-order valence-electron chi connectivity index (χ4n) is 5.30. The number of hydrogen-bond donors (Lipinski definition) is 0. The summed E-state index contributed by atoms with van der Waals surface area (Å²) in [6, 6.07) is 7.94. The summed E-state index contributed by atoms with van der Waals surface area (Å²) >= 11 is 0. The number of nitrogens with zero attached hydrogens (tertiary/aromatic N) is 2. The van der Waals surface area contributed by atoms with Crippen LogP contribution in [0.4, 0.5) is 5.69 Å². The van der Waals surface area contributed by atoms with Crippen LogP contribution in [0, 0.1) is 11.8 Å². The van der Waals surface area contributed by atoms with Crippen LogP contribution in [-0.2, 0) is 19.8 Å². The number of aliphatic imine (C=N–C) groups is 1. The molecule has 5 nitrogen and oxygen atoms in total. The number of carbonyl (C=O) groups excluding carboxylic acids is 1. The average Bonchev–Trinajstić information content (AvgIpc) is 2.74. The second kappa shape index (κ2) is 5.26. The van der Waals surface area contributed by atoms with Crippen molar-refractivity contribution in [1.29, 1.82) is 0 Å². The molecule has 4 atom stereocenters.